The van der Waals surface area contributed by atoms with Crippen LogP contribution in [0.15, 0.2) is 0 Å². The average molecular weight is 187 g/mol. The molecule has 2 aliphatic heterocycles. The highest BCUT2D eigenvalue weighted by molar-refractivity contribution is 8.00. The minimum absolute atomic E-state index is 0.558. The van der Waals surface area contributed by atoms with Crippen molar-refractivity contribution in [2.75, 3.05) is 25.4 Å². The van der Waals surface area contributed by atoms with Crippen molar-refractivity contribution in [1.82, 2.24) is 4.90 Å². The maximum atomic E-state index is 5.25. The Morgan fingerprint density at radius 1 is 1.50 bits per heavy atom. The van der Waals surface area contributed by atoms with Gasteiger partial charge in [-0.1, -0.05) is 6.92 Å². The molecule has 2 rings (SSSR count). The van der Waals surface area contributed by atoms with Crippen molar-refractivity contribution in [3.8, 4) is 0 Å². The van der Waals surface area contributed by atoms with Gasteiger partial charge in [0, 0.05) is 30.1 Å². The number of thioether (sulfide) groups is 1. The molecule has 0 bridgehead atoms. The van der Waals surface area contributed by atoms with Crippen LogP contribution in [0.1, 0.15) is 13.8 Å². The van der Waals surface area contributed by atoms with Gasteiger partial charge in [-0.05, 0) is 6.92 Å². The third-order valence-corrected chi connectivity index (χ3v) is 4.19. The number of nitrogens with zero attached hydrogens (tertiary/aromatic N) is 1. The van der Waals surface area contributed by atoms with E-state index in [0.717, 1.165) is 24.4 Å². The lowest BCUT2D eigenvalue weighted by Gasteiger charge is -2.37. The second-order valence-electron chi connectivity index (χ2n) is 3.77. The van der Waals surface area contributed by atoms with Crippen LogP contribution in [0.25, 0.3) is 0 Å². The molecule has 70 valence electrons. The van der Waals surface area contributed by atoms with Gasteiger partial charge < -0.3 is 4.74 Å². The van der Waals surface area contributed by atoms with E-state index in [0.29, 0.717) is 6.10 Å². The van der Waals surface area contributed by atoms with Crippen molar-refractivity contribution in [2.45, 2.75) is 31.2 Å². The van der Waals surface area contributed by atoms with Gasteiger partial charge >= 0.3 is 0 Å². The van der Waals surface area contributed by atoms with Crippen molar-refractivity contribution >= 4 is 11.8 Å². The third kappa shape index (κ3) is 1.95. The molecule has 2 heterocycles. The summed E-state index contributed by atoms with van der Waals surface area (Å²) in [7, 11) is 0. The molecule has 2 nitrogen and oxygen atoms in total. The summed E-state index contributed by atoms with van der Waals surface area (Å²) in [6, 6.07) is 0.730. The summed E-state index contributed by atoms with van der Waals surface area (Å²) >= 11 is 2.09. The molecule has 3 atom stereocenters. The van der Waals surface area contributed by atoms with Gasteiger partial charge in [-0.15, -0.1) is 0 Å². The van der Waals surface area contributed by atoms with Crippen molar-refractivity contribution < 1.29 is 4.74 Å². The van der Waals surface area contributed by atoms with Gasteiger partial charge in [-0.3, -0.25) is 4.90 Å². The summed E-state index contributed by atoms with van der Waals surface area (Å²) < 4.78 is 5.25. The van der Waals surface area contributed by atoms with E-state index in [1.165, 1.54) is 12.3 Å². The van der Waals surface area contributed by atoms with E-state index < -0.39 is 0 Å². The highest BCUT2D eigenvalue weighted by Crippen LogP contribution is 2.25. The summed E-state index contributed by atoms with van der Waals surface area (Å²) in [4.78, 5) is 2.57. The van der Waals surface area contributed by atoms with Gasteiger partial charge in [0.25, 0.3) is 0 Å². The zero-order valence-electron chi connectivity index (χ0n) is 7.82. The van der Waals surface area contributed by atoms with Gasteiger partial charge in [0.2, 0.25) is 0 Å². The first kappa shape index (κ1) is 8.85. The summed E-state index contributed by atoms with van der Waals surface area (Å²) in [6.07, 6.45) is 0.558. The normalized spacial score (nSPS) is 43.0. The molecule has 0 N–H and O–H groups in total. The van der Waals surface area contributed by atoms with Crippen LogP contribution in [0.3, 0.4) is 0 Å². The van der Waals surface area contributed by atoms with E-state index in [9.17, 15) is 0 Å². The maximum Gasteiger partial charge on any atom is 0.0936 e. The lowest BCUT2D eigenvalue weighted by Crippen LogP contribution is -2.46. The molecule has 0 amide bonds. The first-order valence-electron chi connectivity index (χ1n) is 4.74. The van der Waals surface area contributed by atoms with E-state index in [-0.39, 0.29) is 0 Å². The Labute approximate surface area is 78.6 Å². The molecular weight excluding hydrogens is 170 g/mol. The van der Waals surface area contributed by atoms with Gasteiger partial charge in [0.1, 0.15) is 0 Å². The molecule has 0 spiro atoms. The van der Waals surface area contributed by atoms with Crippen LogP contribution < -0.4 is 0 Å². The SMILES string of the molecule is CC1SCCN(C[C@@H]2CO2)C1C. The van der Waals surface area contributed by atoms with Gasteiger partial charge in [-0.25, -0.2) is 0 Å². The monoisotopic (exact) mass is 187 g/mol. The molecule has 0 aliphatic carbocycles. The number of ether oxygens (including phenoxy) is 1. The average Bonchev–Trinajstić information content (AvgIpc) is 2.83. The van der Waals surface area contributed by atoms with Crippen LogP contribution in [0.4, 0.5) is 0 Å². The molecular formula is C9H17NOS. The lowest BCUT2D eigenvalue weighted by molar-refractivity contribution is 0.192. The smallest absolute Gasteiger partial charge is 0.0936 e. The van der Waals surface area contributed by atoms with E-state index >= 15 is 0 Å². The van der Waals surface area contributed by atoms with E-state index in [1.54, 1.807) is 0 Å². The number of epoxide rings is 1. The minimum Gasteiger partial charge on any atom is -0.372 e. The molecule has 0 radical (unpaired) electrons. The van der Waals surface area contributed by atoms with Crippen LogP contribution in [0, 0.1) is 0 Å². The third-order valence-electron chi connectivity index (χ3n) is 2.86. The van der Waals surface area contributed by atoms with Crippen molar-refractivity contribution in [3.05, 3.63) is 0 Å². The minimum atomic E-state index is 0.558. The first-order chi connectivity index (χ1) is 5.77. The van der Waals surface area contributed by atoms with Gasteiger partial charge in [0.15, 0.2) is 0 Å². The second-order valence-corrected chi connectivity index (χ2v) is 5.25. The lowest BCUT2D eigenvalue weighted by atomic mass is 10.2. The molecule has 2 unspecified atom stereocenters. The summed E-state index contributed by atoms with van der Waals surface area (Å²) in [5, 5.41) is 0.789. The van der Waals surface area contributed by atoms with Crippen LogP contribution in [0.2, 0.25) is 0 Å². The van der Waals surface area contributed by atoms with Crippen molar-refractivity contribution in [2.24, 2.45) is 0 Å². The fourth-order valence-corrected chi connectivity index (χ4v) is 2.85. The Balaban J connectivity index is 1.84. The quantitative estimate of drug-likeness (QED) is 0.604. The van der Waals surface area contributed by atoms with Crippen molar-refractivity contribution in [3.63, 3.8) is 0 Å². The van der Waals surface area contributed by atoms with Crippen molar-refractivity contribution in [1.29, 1.82) is 0 Å². The molecule has 2 fully saturated rings. The summed E-state index contributed by atoms with van der Waals surface area (Å²) in [6.45, 7) is 8.06. The highest BCUT2D eigenvalue weighted by Gasteiger charge is 2.31. The molecule has 0 saturated carbocycles. The molecule has 2 aliphatic rings. The molecule has 0 aromatic carbocycles. The highest BCUT2D eigenvalue weighted by atomic mass is 32.2. The zero-order chi connectivity index (χ0) is 8.55. The number of hydrogen-bond donors (Lipinski definition) is 0. The maximum absolute atomic E-state index is 5.25. The standard InChI is InChI=1S/C9H17NOS/c1-7-8(2)12-4-3-10(7)5-9-6-11-9/h7-9H,3-6H2,1-2H3/t7?,8?,9-/m1/s1. The van der Waals surface area contributed by atoms with E-state index in [4.69, 9.17) is 4.74 Å². The Hall–Kier alpha value is 0.270. The van der Waals surface area contributed by atoms with E-state index in [2.05, 4.69) is 30.5 Å². The fourth-order valence-electron chi connectivity index (χ4n) is 1.69. The van der Waals surface area contributed by atoms with Crippen LogP contribution in [-0.2, 0) is 4.74 Å². The molecule has 3 heteroatoms. The van der Waals surface area contributed by atoms with E-state index in [1.807, 2.05) is 0 Å². The Bertz CT molecular complexity index is 161. The fraction of sp³-hybridized carbons (Fsp3) is 1.00. The predicted octanol–water partition coefficient (Wildman–Crippen LogP) is 1.21. The summed E-state index contributed by atoms with van der Waals surface area (Å²) in [5.41, 5.74) is 0. The summed E-state index contributed by atoms with van der Waals surface area (Å²) in [5.74, 6) is 1.29. The van der Waals surface area contributed by atoms with Crippen LogP contribution >= 0.6 is 11.8 Å². The zero-order valence-corrected chi connectivity index (χ0v) is 8.64. The largest absolute Gasteiger partial charge is 0.372 e. The Morgan fingerprint density at radius 2 is 2.25 bits per heavy atom. The van der Waals surface area contributed by atoms with Gasteiger partial charge in [0.05, 0.1) is 12.7 Å². The Kier molecular flexibility index (Phi) is 2.63. The number of hydrogen-bond acceptors (Lipinski definition) is 3. The second kappa shape index (κ2) is 3.56. The number of rotatable bonds is 2. The van der Waals surface area contributed by atoms with Crippen LogP contribution in [0.5, 0.6) is 0 Å². The molecule has 0 aromatic heterocycles. The topological polar surface area (TPSA) is 15.8 Å². The molecule has 2 saturated heterocycles. The predicted molar refractivity (Wildman–Crippen MR) is 52.7 cm³/mol. The molecule has 0 aromatic rings. The Morgan fingerprint density at radius 3 is 2.92 bits per heavy atom. The molecule has 12 heavy (non-hydrogen) atoms. The first-order valence-corrected chi connectivity index (χ1v) is 5.79. The van der Waals surface area contributed by atoms with Crippen LogP contribution in [-0.4, -0.2) is 47.7 Å². The van der Waals surface area contributed by atoms with Gasteiger partial charge in [-0.2, -0.15) is 11.8 Å².